The molecule has 4 aromatic rings. The molecule has 0 atom stereocenters. The fraction of sp³-hybridized carbons (Fsp3) is 0.100. The summed E-state index contributed by atoms with van der Waals surface area (Å²) in [6.45, 7) is 2.31. The number of hydrogen-bond acceptors (Lipinski definition) is 9. The van der Waals surface area contributed by atoms with Crippen LogP contribution in [0.25, 0.3) is 21.8 Å². The number of nitrogens with one attached hydrogen (secondary N) is 2. The summed E-state index contributed by atoms with van der Waals surface area (Å²) < 4.78 is 29.0. The van der Waals surface area contributed by atoms with Crippen LogP contribution in [0.2, 0.25) is 0 Å². The number of nitrogens with zero attached hydrogens (tertiary/aromatic N) is 4. The molecule has 0 saturated heterocycles. The van der Waals surface area contributed by atoms with Crippen molar-refractivity contribution in [1.82, 2.24) is 19.9 Å². The lowest BCUT2D eigenvalue weighted by Crippen LogP contribution is -2.13. The number of benzene rings is 1. The van der Waals surface area contributed by atoms with Gasteiger partial charge in [-0.25, -0.2) is 28.7 Å². The second-order valence-electron chi connectivity index (χ2n) is 6.51. The SMILES string of the molecule is Cc1nc(CNc2ncccn2)sc1-c1cccc(-c2cc(F)c(N)c(NN)c2F)n1. The average molecular weight is 440 g/mol. The van der Waals surface area contributed by atoms with Gasteiger partial charge in [-0.1, -0.05) is 6.07 Å². The Bertz CT molecular complexity index is 1230. The molecule has 0 radical (unpaired) electrons. The van der Waals surface area contributed by atoms with Gasteiger partial charge in [0.1, 0.15) is 16.5 Å². The first-order valence-electron chi connectivity index (χ1n) is 9.17. The predicted octanol–water partition coefficient (Wildman–Crippen LogP) is 3.73. The summed E-state index contributed by atoms with van der Waals surface area (Å²) in [5, 5.41) is 3.92. The predicted molar refractivity (Wildman–Crippen MR) is 117 cm³/mol. The van der Waals surface area contributed by atoms with Gasteiger partial charge < -0.3 is 16.5 Å². The van der Waals surface area contributed by atoms with Gasteiger partial charge in [0.15, 0.2) is 5.82 Å². The van der Waals surface area contributed by atoms with Crippen molar-refractivity contribution >= 4 is 28.7 Å². The summed E-state index contributed by atoms with van der Waals surface area (Å²) in [7, 11) is 0. The maximum Gasteiger partial charge on any atom is 0.222 e. The van der Waals surface area contributed by atoms with Gasteiger partial charge in [-0.2, -0.15) is 0 Å². The first kappa shape index (κ1) is 20.6. The minimum Gasteiger partial charge on any atom is -0.395 e. The van der Waals surface area contributed by atoms with Crippen LogP contribution in [0.1, 0.15) is 10.7 Å². The number of pyridine rings is 1. The zero-order valence-electron chi connectivity index (χ0n) is 16.4. The number of hydrogen-bond donors (Lipinski definition) is 4. The van der Waals surface area contributed by atoms with Crippen LogP contribution in [0.3, 0.4) is 0 Å². The normalized spacial score (nSPS) is 10.8. The van der Waals surface area contributed by atoms with Gasteiger partial charge in [-0.15, -0.1) is 11.3 Å². The molecule has 0 bridgehead atoms. The molecule has 0 amide bonds. The van der Waals surface area contributed by atoms with Crippen LogP contribution in [0.5, 0.6) is 0 Å². The number of aromatic nitrogens is 4. The van der Waals surface area contributed by atoms with Gasteiger partial charge in [0, 0.05) is 18.0 Å². The van der Waals surface area contributed by atoms with Gasteiger partial charge in [-0.3, -0.25) is 5.84 Å². The summed E-state index contributed by atoms with van der Waals surface area (Å²) in [6, 6.07) is 7.83. The van der Waals surface area contributed by atoms with E-state index in [0.29, 0.717) is 18.2 Å². The summed E-state index contributed by atoms with van der Waals surface area (Å²) >= 11 is 1.44. The van der Waals surface area contributed by atoms with Crippen LogP contribution in [0.4, 0.5) is 26.1 Å². The monoisotopic (exact) mass is 440 g/mol. The molecule has 0 aliphatic rings. The van der Waals surface area contributed by atoms with Gasteiger partial charge in [0.2, 0.25) is 5.95 Å². The second kappa shape index (κ2) is 8.58. The van der Waals surface area contributed by atoms with Crippen molar-refractivity contribution in [3.63, 3.8) is 0 Å². The maximum atomic E-state index is 14.8. The largest absolute Gasteiger partial charge is 0.395 e. The van der Waals surface area contributed by atoms with Crippen molar-refractivity contribution in [2.24, 2.45) is 5.84 Å². The highest BCUT2D eigenvalue weighted by Crippen LogP contribution is 2.35. The van der Waals surface area contributed by atoms with Crippen LogP contribution in [-0.2, 0) is 6.54 Å². The minimum absolute atomic E-state index is 0.0493. The summed E-state index contributed by atoms with van der Waals surface area (Å²) in [5.74, 6) is 4.24. The highest BCUT2D eigenvalue weighted by molar-refractivity contribution is 7.15. The number of thiazole rings is 1. The Kier molecular flexibility index (Phi) is 5.69. The molecule has 31 heavy (non-hydrogen) atoms. The lowest BCUT2D eigenvalue weighted by Gasteiger charge is -2.12. The van der Waals surface area contributed by atoms with E-state index in [2.05, 4.69) is 30.7 Å². The van der Waals surface area contributed by atoms with Crippen LogP contribution in [0.15, 0.2) is 42.7 Å². The van der Waals surface area contributed by atoms with Crippen LogP contribution in [0, 0.1) is 18.6 Å². The van der Waals surface area contributed by atoms with Crippen molar-refractivity contribution in [1.29, 1.82) is 0 Å². The Balaban J connectivity index is 1.65. The molecule has 0 unspecified atom stereocenters. The van der Waals surface area contributed by atoms with Crippen molar-refractivity contribution in [2.45, 2.75) is 13.5 Å². The number of nitrogens with two attached hydrogens (primary N) is 2. The van der Waals surface area contributed by atoms with E-state index in [0.717, 1.165) is 21.6 Å². The number of hydrazine groups is 1. The maximum absolute atomic E-state index is 14.8. The van der Waals surface area contributed by atoms with Crippen molar-refractivity contribution in [3.8, 4) is 21.8 Å². The van der Waals surface area contributed by atoms with Crippen LogP contribution in [-0.4, -0.2) is 19.9 Å². The van der Waals surface area contributed by atoms with Crippen molar-refractivity contribution in [2.75, 3.05) is 16.5 Å². The topological polar surface area (TPSA) is 128 Å². The third kappa shape index (κ3) is 4.13. The molecule has 6 N–H and O–H groups in total. The summed E-state index contributed by atoms with van der Waals surface area (Å²) in [4.78, 5) is 18.1. The molecule has 0 spiro atoms. The van der Waals surface area contributed by atoms with E-state index < -0.39 is 17.3 Å². The van der Waals surface area contributed by atoms with Crippen LogP contribution < -0.4 is 22.3 Å². The number of aryl methyl sites for hydroxylation is 1. The summed E-state index contributed by atoms with van der Waals surface area (Å²) in [6.07, 6.45) is 3.29. The van der Waals surface area contributed by atoms with Gasteiger partial charge in [0.05, 0.1) is 34.2 Å². The number of rotatable bonds is 6. The van der Waals surface area contributed by atoms with E-state index in [1.807, 2.05) is 6.92 Å². The second-order valence-corrected chi connectivity index (χ2v) is 7.59. The lowest BCUT2D eigenvalue weighted by molar-refractivity contribution is 0.609. The Hall–Kier alpha value is -3.70. The first-order chi connectivity index (χ1) is 15.0. The molecular formula is C20H18F2N8S. The molecule has 1 aromatic carbocycles. The van der Waals surface area contributed by atoms with Gasteiger partial charge >= 0.3 is 0 Å². The van der Waals surface area contributed by atoms with E-state index in [4.69, 9.17) is 11.6 Å². The average Bonchev–Trinajstić information content (AvgIpc) is 3.16. The zero-order chi connectivity index (χ0) is 22.0. The fourth-order valence-corrected chi connectivity index (χ4v) is 3.96. The quantitative estimate of drug-likeness (QED) is 0.203. The third-order valence-electron chi connectivity index (χ3n) is 4.46. The molecule has 3 heterocycles. The molecule has 158 valence electrons. The Morgan fingerprint density at radius 2 is 1.81 bits per heavy atom. The Morgan fingerprint density at radius 1 is 1.06 bits per heavy atom. The van der Waals surface area contributed by atoms with Gasteiger partial charge in [0.25, 0.3) is 0 Å². The number of anilines is 3. The molecule has 0 aliphatic carbocycles. The number of nitrogen functional groups attached to an aromatic ring is 2. The van der Waals surface area contributed by atoms with Crippen molar-refractivity contribution < 1.29 is 8.78 Å². The Morgan fingerprint density at radius 3 is 2.55 bits per heavy atom. The van der Waals surface area contributed by atoms with E-state index in [1.54, 1.807) is 36.7 Å². The first-order valence-corrected chi connectivity index (χ1v) is 9.98. The van der Waals surface area contributed by atoms with Gasteiger partial charge in [-0.05, 0) is 31.2 Å². The molecule has 4 rings (SSSR count). The lowest BCUT2D eigenvalue weighted by atomic mass is 10.1. The van der Waals surface area contributed by atoms with E-state index in [-0.39, 0.29) is 16.9 Å². The summed E-state index contributed by atoms with van der Waals surface area (Å²) in [5.41, 5.74) is 8.52. The minimum atomic E-state index is -0.790. The van der Waals surface area contributed by atoms with Crippen LogP contribution >= 0.6 is 11.3 Å². The zero-order valence-corrected chi connectivity index (χ0v) is 17.2. The standard InChI is InChI=1S/C20H18F2N8S/c1-10-19(31-15(28-10)9-27-20-25-6-3-7-26-20)14-5-2-4-13(29-14)11-8-12(21)17(23)18(30-24)16(11)22/h2-8,30H,9,23-24H2,1H3,(H,25,26,27). The highest BCUT2D eigenvalue weighted by Gasteiger charge is 2.19. The van der Waals surface area contributed by atoms with E-state index in [1.165, 1.54) is 11.3 Å². The third-order valence-corrected chi connectivity index (χ3v) is 5.64. The van der Waals surface area contributed by atoms with E-state index >= 15 is 0 Å². The molecule has 8 nitrogen and oxygen atoms in total. The number of halogens is 2. The smallest absolute Gasteiger partial charge is 0.222 e. The van der Waals surface area contributed by atoms with Crippen molar-refractivity contribution in [3.05, 3.63) is 65.1 Å². The Labute approximate surface area is 180 Å². The molecule has 11 heteroatoms. The molecule has 0 aliphatic heterocycles. The molecule has 3 aromatic heterocycles. The highest BCUT2D eigenvalue weighted by atomic mass is 32.1. The van der Waals surface area contributed by atoms with E-state index in [9.17, 15) is 8.78 Å². The fourth-order valence-electron chi connectivity index (χ4n) is 2.99. The molecular weight excluding hydrogens is 422 g/mol. The molecule has 0 fully saturated rings. The molecule has 0 saturated carbocycles.